The molecule has 0 radical (unpaired) electrons. The van der Waals surface area contributed by atoms with E-state index >= 15 is 0 Å². The van der Waals surface area contributed by atoms with Gasteiger partial charge in [-0.1, -0.05) is 0 Å². The smallest absolute Gasteiger partial charge is 1.00 e. The minimum atomic E-state index is -0.865. The molecule has 4 heteroatoms. The van der Waals surface area contributed by atoms with E-state index in [0.29, 0.717) is 7.25 Å². The minimum absolute atomic E-state index is 0. The molecule has 0 aliphatic heterocycles. The van der Waals surface area contributed by atoms with Crippen LogP contribution < -0.4 is 30.1 Å². The van der Waals surface area contributed by atoms with Crippen molar-refractivity contribution in [2.45, 2.75) is 14.2 Å². The molecule has 2 aliphatic rings. The molecule has 33 heavy (non-hydrogen) atoms. The van der Waals surface area contributed by atoms with Gasteiger partial charge in [-0.25, -0.2) is 0 Å². The van der Waals surface area contributed by atoms with Crippen LogP contribution in [-0.4, -0.2) is 0 Å². The van der Waals surface area contributed by atoms with Crippen LogP contribution in [0.3, 0.4) is 0 Å². The van der Waals surface area contributed by atoms with Crippen LogP contribution in [0.25, 0.3) is 17.2 Å². The van der Waals surface area contributed by atoms with Gasteiger partial charge < -0.3 is 24.8 Å². The molecular formula is C29H23Cl2PZr. The number of benzene rings is 4. The first-order chi connectivity index (χ1) is 15.3. The number of rotatable bonds is 4. The Morgan fingerprint density at radius 3 is 1.82 bits per heavy atom. The molecule has 4 aromatic carbocycles. The van der Waals surface area contributed by atoms with Crippen LogP contribution in [0.5, 0.6) is 0 Å². The maximum atomic E-state index is 2.51. The molecule has 0 fully saturated rings. The van der Waals surface area contributed by atoms with Crippen molar-refractivity contribution in [1.29, 1.82) is 0 Å². The van der Waals surface area contributed by atoms with Crippen LogP contribution >= 0.6 is 8.58 Å². The van der Waals surface area contributed by atoms with Crippen molar-refractivity contribution >= 4 is 20.0 Å². The normalized spacial score (nSPS) is 15.7. The molecular weight excluding hydrogens is 541 g/mol. The first kappa shape index (κ1) is 24.6. The first-order valence-electron chi connectivity index (χ1n) is 10.9. The molecule has 0 heterocycles. The Morgan fingerprint density at radius 1 is 0.606 bits per heavy atom. The Balaban J connectivity index is 0.00000130. The molecule has 2 aliphatic carbocycles. The van der Waals surface area contributed by atoms with E-state index in [1.54, 1.807) is 22.0 Å². The van der Waals surface area contributed by atoms with Crippen molar-refractivity contribution in [1.82, 2.24) is 0 Å². The number of hydrogen-bond donors (Lipinski definition) is 0. The van der Waals surface area contributed by atoms with Gasteiger partial charge in [-0.3, -0.25) is 0 Å². The molecule has 2 unspecified atom stereocenters. The van der Waals surface area contributed by atoms with Gasteiger partial charge in [0.05, 0.1) is 0 Å². The van der Waals surface area contributed by atoms with Crippen molar-refractivity contribution in [2.24, 2.45) is 0 Å². The van der Waals surface area contributed by atoms with E-state index in [-0.39, 0.29) is 24.8 Å². The molecule has 0 bridgehead atoms. The minimum Gasteiger partial charge on any atom is -1.00 e. The molecule has 0 aromatic heterocycles. The third-order valence-electron chi connectivity index (χ3n) is 6.52. The molecule has 4 aromatic rings. The second kappa shape index (κ2) is 10.4. The van der Waals surface area contributed by atoms with Crippen LogP contribution in [-0.2, 0) is 23.2 Å². The van der Waals surface area contributed by atoms with Crippen molar-refractivity contribution in [3.05, 3.63) is 130 Å². The van der Waals surface area contributed by atoms with Gasteiger partial charge in [0.25, 0.3) is 0 Å². The maximum absolute atomic E-state index is 2.51. The Morgan fingerprint density at radius 2 is 1.15 bits per heavy atom. The molecule has 0 spiro atoms. The van der Waals surface area contributed by atoms with Gasteiger partial charge in [-0.05, 0) is 0 Å². The Labute approximate surface area is 222 Å². The van der Waals surface area contributed by atoms with Crippen molar-refractivity contribution in [2.75, 3.05) is 0 Å². The third-order valence-corrected chi connectivity index (χ3v) is 13.5. The monoisotopic (exact) mass is 562 g/mol. The van der Waals surface area contributed by atoms with Crippen LogP contribution in [0.2, 0.25) is 0 Å². The van der Waals surface area contributed by atoms with E-state index in [1.165, 1.54) is 27.6 Å². The molecule has 0 N–H and O–H groups in total. The summed E-state index contributed by atoms with van der Waals surface area (Å²) in [5.41, 5.74) is 10.5. The van der Waals surface area contributed by atoms with E-state index in [1.807, 2.05) is 0 Å². The van der Waals surface area contributed by atoms with Crippen molar-refractivity contribution in [3.8, 4) is 11.1 Å². The average Bonchev–Trinajstić information content (AvgIpc) is 3.32. The van der Waals surface area contributed by atoms with Crippen LogP contribution in [0.1, 0.15) is 35.1 Å². The summed E-state index contributed by atoms with van der Waals surface area (Å²) < 4.78 is 1.26. The predicted octanol–water partition coefficient (Wildman–Crippen LogP) is 1.26. The van der Waals surface area contributed by atoms with E-state index in [0.717, 1.165) is 8.58 Å². The van der Waals surface area contributed by atoms with Crippen LogP contribution in [0, 0.1) is 6.92 Å². The van der Waals surface area contributed by atoms with Crippen LogP contribution in [0.4, 0.5) is 0 Å². The summed E-state index contributed by atoms with van der Waals surface area (Å²) in [4.78, 5) is 0. The van der Waals surface area contributed by atoms with Gasteiger partial charge in [0.15, 0.2) is 0 Å². The Hall–Kier alpha value is -1.49. The summed E-state index contributed by atoms with van der Waals surface area (Å²) in [5.74, 6) is 0. The molecule has 6 rings (SSSR count). The SMILES string of the molecule is Cc1ccccc1PC1=Cc2ccccc2[CH]1[Zr+2][CH]1c2ccccc2-c2ccccc21.[Cl-].[Cl-]. The second-order valence-electron chi connectivity index (χ2n) is 8.38. The Kier molecular flexibility index (Phi) is 7.77. The van der Waals surface area contributed by atoms with E-state index in [9.17, 15) is 0 Å². The summed E-state index contributed by atoms with van der Waals surface area (Å²) in [7, 11) is 0.766. The summed E-state index contributed by atoms with van der Waals surface area (Å²) >= 11 is -0.865. The largest absolute Gasteiger partial charge is 1.00 e. The molecule has 2 atom stereocenters. The third kappa shape index (κ3) is 4.47. The summed E-state index contributed by atoms with van der Waals surface area (Å²) in [6, 6.07) is 36.3. The van der Waals surface area contributed by atoms with E-state index in [4.69, 9.17) is 0 Å². The molecule has 0 saturated carbocycles. The molecule has 0 amide bonds. The van der Waals surface area contributed by atoms with Gasteiger partial charge in [-0.15, -0.1) is 0 Å². The van der Waals surface area contributed by atoms with Crippen molar-refractivity contribution < 1.29 is 48.0 Å². The number of allylic oxidation sites excluding steroid dienone is 1. The second-order valence-corrected chi connectivity index (χ2v) is 13.4. The van der Waals surface area contributed by atoms with Crippen LogP contribution in [0.15, 0.2) is 102 Å². The molecule has 0 nitrogen and oxygen atoms in total. The zero-order valence-corrected chi connectivity index (χ0v) is 23.2. The Bertz CT molecular complexity index is 1290. The van der Waals surface area contributed by atoms with Gasteiger partial charge >= 0.3 is 199 Å². The standard InChI is InChI=1S/C16H14P.C13H9.2ClH.Zr/c1-12-6-2-5-9-16(12)17-15-10-13-7-3-4-8-14(13)11-15;1-3-7-12-10(5-1)9-11-6-2-4-8-13(11)12;;;/h2-11,17H,1H3;1-9H;2*1H;/q;;;;+2/p-2. The quantitative estimate of drug-likeness (QED) is 0.328. The molecule has 0 saturated heterocycles. The van der Waals surface area contributed by atoms with E-state index in [2.05, 4.69) is 110 Å². The summed E-state index contributed by atoms with van der Waals surface area (Å²) in [6.07, 6.45) is 2.51. The fraction of sp³-hybridized carbons (Fsp3) is 0.103. The topological polar surface area (TPSA) is 0 Å². The molecule has 162 valence electrons. The number of halogens is 2. The van der Waals surface area contributed by atoms with E-state index < -0.39 is 23.2 Å². The van der Waals surface area contributed by atoms with Crippen molar-refractivity contribution in [3.63, 3.8) is 0 Å². The number of hydrogen-bond acceptors (Lipinski definition) is 0. The fourth-order valence-corrected chi connectivity index (χ4v) is 12.0. The van der Waals surface area contributed by atoms with Gasteiger partial charge in [0.2, 0.25) is 0 Å². The summed E-state index contributed by atoms with van der Waals surface area (Å²) in [5, 5.41) is 3.15. The van der Waals surface area contributed by atoms with Gasteiger partial charge in [0, 0.05) is 0 Å². The fourth-order valence-electron chi connectivity index (χ4n) is 4.98. The zero-order chi connectivity index (χ0) is 20.8. The number of fused-ring (bicyclic) bond motifs is 4. The average molecular weight is 565 g/mol. The predicted molar refractivity (Wildman–Crippen MR) is 130 cm³/mol. The maximum Gasteiger partial charge on any atom is -1.00 e. The summed E-state index contributed by atoms with van der Waals surface area (Å²) in [6.45, 7) is 2.25. The zero-order valence-electron chi connectivity index (χ0n) is 18.2. The first-order valence-corrected chi connectivity index (χ1v) is 14.7. The van der Waals surface area contributed by atoms with Gasteiger partial charge in [0.1, 0.15) is 0 Å². The number of aryl methyl sites for hydroxylation is 1. The van der Waals surface area contributed by atoms with Gasteiger partial charge in [-0.2, -0.15) is 0 Å².